The summed E-state index contributed by atoms with van der Waals surface area (Å²) in [7, 11) is 0. The Labute approximate surface area is 137 Å². The minimum absolute atomic E-state index is 0.316. The van der Waals surface area contributed by atoms with Gasteiger partial charge in [-0.05, 0) is 31.2 Å². The lowest BCUT2D eigenvalue weighted by Crippen LogP contribution is -2.10. The molecule has 0 atom stereocenters. The molecule has 0 bridgehead atoms. The van der Waals surface area contributed by atoms with E-state index in [4.69, 9.17) is 9.57 Å². The highest BCUT2D eigenvalue weighted by atomic mass is 32.1. The molecule has 0 fully saturated rings. The van der Waals surface area contributed by atoms with Gasteiger partial charge in [-0.25, -0.2) is 9.78 Å². The molecule has 3 rings (SSSR count). The van der Waals surface area contributed by atoms with Crippen LogP contribution < -0.4 is 5.48 Å². The number of benzene rings is 2. The summed E-state index contributed by atoms with van der Waals surface area (Å²) in [5.41, 5.74) is 4.79. The van der Waals surface area contributed by atoms with E-state index < -0.39 is 0 Å². The minimum Gasteiger partial charge on any atom is -0.462 e. The number of aromatic nitrogens is 1. The zero-order chi connectivity index (χ0) is 16.1. The van der Waals surface area contributed by atoms with Gasteiger partial charge in [0.1, 0.15) is 11.6 Å². The van der Waals surface area contributed by atoms with Crippen LogP contribution in [0.1, 0.15) is 22.3 Å². The van der Waals surface area contributed by atoms with E-state index in [-0.39, 0.29) is 5.97 Å². The molecule has 5 nitrogen and oxygen atoms in total. The average Bonchev–Trinajstić information content (AvgIpc) is 2.98. The molecule has 1 heterocycles. The fraction of sp³-hybridized carbons (Fsp3) is 0.176. The van der Waals surface area contributed by atoms with Crippen LogP contribution in [0.25, 0.3) is 10.2 Å². The van der Waals surface area contributed by atoms with Crippen LogP contribution in [0.3, 0.4) is 0 Å². The van der Waals surface area contributed by atoms with Crippen molar-refractivity contribution in [1.29, 1.82) is 0 Å². The predicted octanol–water partition coefficient (Wildman–Crippen LogP) is 4.02. The van der Waals surface area contributed by atoms with E-state index in [1.165, 1.54) is 0 Å². The lowest BCUT2D eigenvalue weighted by molar-refractivity contribution is 0.0526. The third-order valence-corrected chi connectivity index (χ3v) is 4.15. The number of hydrogen-bond acceptors (Lipinski definition) is 6. The van der Waals surface area contributed by atoms with Gasteiger partial charge in [-0.2, -0.15) is 0 Å². The van der Waals surface area contributed by atoms with Gasteiger partial charge in [-0.15, -0.1) is 11.3 Å². The molecule has 2 aromatic carbocycles. The molecular weight excluding hydrogens is 312 g/mol. The molecule has 23 heavy (non-hydrogen) atoms. The number of thiazole rings is 1. The number of carbonyl (C=O) groups excluding carboxylic acids is 1. The van der Waals surface area contributed by atoms with E-state index in [2.05, 4.69) is 10.5 Å². The molecule has 0 amide bonds. The Hall–Kier alpha value is -2.44. The zero-order valence-electron chi connectivity index (χ0n) is 12.6. The molecular formula is C17H16N2O3S. The second kappa shape index (κ2) is 7.21. The molecule has 0 saturated heterocycles. The molecule has 0 aliphatic carbocycles. The molecule has 0 spiro atoms. The monoisotopic (exact) mass is 328 g/mol. The Morgan fingerprint density at radius 3 is 2.78 bits per heavy atom. The van der Waals surface area contributed by atoms with Gasteiger partial charge >= 0.3 is 5.97 Å². The maximum Gasteiger partial charge on any atom is 0.340 e. The molecule has 118 valence electrons. The van der Waals surface area contributed by atoms with Crippen molar-refractivity contribution < 1.29 is 14.4 Å². The number of esters is 1. The van der Waals surface area contributed by atoms with E-state index in [0.29, 0.717) is 24.5 Å². The van der Waals surface area contributed by atoms with Crippen LogP contribution in [0.15, 0.2) is 48.5 Å². The second-order valence-electron chi connectivity index (χ2n) is 4.73. The van der Waals surface area contributed by atoms with Crippen molar-refractivity contribution in [2.45, 2.75) is 13.5 Å². The van der Waals surface area contributed by atoms with Crippen LogP contribution in [0.2, 0.25) is 0 Å². The largest absolute Gasteiger partial charge is 0.462 e. The molecule has 0 unspecified atom stereocenters. The van der Waals surface area contributed by atoms with Crippen LogP contribution in [0.4, 0.5) is 5.69 Å². The number of para-hydroxylation sites is 2. The van der Waals surface area contributed by atoms with E-state index >= 15 is 0 Å². The third-order valence-electron chi connectivity index (χ3n) is 3.14. The van der Waals surface area contributed by atoms with E-state index in [0.717, 1.165) is 15.2 Å². The van der Waals surface area contributed by atoms with Crippen molar-refractivity contribution in [3.63, 3.8) is 0 Å². The molecule has 3 aromatic rings. The third kappa shape index (κ3) is 3.67. The first kappa shape index (κ1) is 15.5. The molecule has 1 N–H and O–H groups in total. The van der Waals surface area contributed by atoms with Gasteiger partial charge < -0.3 is 4.74 Å². The highest BCUT2D eigenvalue weighted by Gasteiger charge is 2.12. The van der Waals surface area contributed by atoms with Crippen molar-refractivity contribution in [3.8, 4) is 0 Å². The second-order valence-corrected chi connectivity index (χ2v) is 5.85. The van der Waals surface area contributed by atoms with Gasteiger partial charge in [0, 0.05) is 0 Å². The van der Waals surface area contributed by atoms with Crippen molar-refractivity contribution >= 4 is 33.2 Å². The molecule has 1 aromatic heterocycles. The van der Waals surface area contributed by atoms with Crippen molar-refractivity contribution in [3.05, 3.63) is 59.1 Å². The molecule has 6 heteroatoms. The minimum atomic E-state index is -0.376. The van der Waals surface area contributed by atoms with Gasteiger partial charge in [0.15, 0.2) is 0 Å². The Morgan fingerprint density at radius 2 is 1.96 bits per heavy atom. The quantitative estimate of drug-likeness (QED) is 0.547. The van der Waals surface area contributed by atoms with Crippen LogP contribution in [0.5, 0.6) is 0 Å². The summed E-state index contributed by atoms with van der Waals surface area (Å²) in [6.07, 6.45) is 0. The van der Waals surface area contributed by atoms with Crippen LogP contribution >= 0.6 is 11.3 Å². The van der Waals surface area contributed by atoms with Gasteiger partial charge in [-0.1, -0.05) is 24.3 Å². The smallest absolute Gasteiger partial charge is 0.340 e. The number of nitrogens with one attached hydrogen (secondary N) is 1. The number of carbonyl (C=O) groups is 1. The summed E-state index contributed by atoms with van der Waals surface area (Å²) in [5, 5.41) is 0.868. The lowest BCUT2D eigenvalue weighted by Gasteiger charge is -2.10. The molecule has 0 radical (unpaired) electrons. The highest BCUT2D eigenvalue weighted by molar-refractivity contribution is 7.18. The Bertz CT molecular complexity index is 783. The van der Waals surface area contributed by atoms with E-state index in [1.54, 1.807) is 36.5 Å². The SMILES string of the molecule is CCOC(=O)c1ccccc1NOCc1nc2ccccc2s1. The molecule has 0 aliphatic rings. The van der Waals surface area contributed by atoms with Gasteiger partial charge in [0.25, 0.3) is 0 Å². The molecule has 0 saturated carbocycles. The first-order valence-corrected chi connectivity index (χ1v) is 8.08. The Morgan fingerprint density at radius 1 is 1.17 bits per heavy atom. The van der Waals surface area contributed by atoms with Crippen LogP contribution in [-0.2, 0) is 16.2 Å². The summed E-state index contributed by atoms with van der Waals surface area (Å²) < 4.78 is 6.15. The number of nitrogens with zero attached hydrogens (tertiary/aromatic N) is 1. The van der Waals surface area contributed by atoms with Gasteiger partial charge in [-0.3, -0.25) is 10.3 Å². The van der Waals surface area contributed by atoms with Crippen molar-refractivity contribution in [2.75, 3.05) is 12.1 Å². The number of rotatable bonds is 6. The van der Waals surface area contributed by atoms with Crippen molar-refractivity contribution in [1.82, 2.24) is 4.98 Å². The fourth-order valence-electron chi connectivity index (χ4n) is 2.12. The normalized spacial score (nSPS) is 10.7. The van der Waals surface area contributed by atoms with Crippen LogP contribution in [0, 0.1) is 0 Å². The number of ether oxygens (including phenoxy) is 1. The van der Waals surface area contributed by atoms with Crippen molar-refractivity contribution in [2.24, 2.45) is 0 Å². The fourth-order valence-corrected chi connectivity index (χ4v) is 3.00. The average molecular weight is 328 g/mol. The Balaban J connectivity index is 1.65. The van der Waals surface area contributed by atoms with E-state index in [9.17, 15) is 4.79 Å². The maximum atomic E-state index is 11.9. The predicted molar refractivity (Wildman–Crippen MR) is 90.4 cm³/mol. The number of hydrogen-bond donors (Lipinski definition) is 1. The standard InChI is InChI=1S/C17H16N2O3S/c1-2-21-17(20)12-7-3-4-8-13(12)19-22-11-16-18-14-9-5-6-10-15(14)23-16/h3-10,19H,2,11H2,1H3. The summed E-state index contributed by atoms with van der Waals surface area (Å²) >= 11 is 1.58. The summed E-state index contributed by atoms with van der Waals surface area (Å²) in [6, 6.07) is 15.0. The summed E-state index contributed by atoms with van der Waals surface area (Å²) in [6.45, 7) is 2.42. The lowest BCUT2D eigenvalue weighted by atomic mass is 10.2. The van der Waals surface area contributed by atoms with Crippen LogP contribution in [-0.4, -0.2) is 17.6 Å². The Kier molecular flexibility index (Phi) is 4.85. The molecule has 0 aliphatic heterocycles. The first-order valence-electron chi connectivity index (χ1n) is 7.26. The highest BCUT2D eigenvalue weighted by Crippen LogP contribution is 2.22. The zero-order valence-corrected chi connectivity index (χ0v) is 13.4. The van der Waals surface area contributed by atoms with Gasteiger partial charge in [0.2, 0.25) is 0 Å². The first-order chi connectivity index (χ1) is 11.3. The van der Waals surface area contributed by atoms with Gasteiger partial charge in [0.05, 0.1) is 28.1 Å². The number of fused-ring (bicyclic) bond motifs is 1. The van der Waals surface area contributed by atoms with E-state index in [1.807, 2.05) is 30.3 Å². The topological polar surface area (TPSA) is 60.5 Å². The maximum absolute atomic E-state index is 11.9. The number of anilines is 1. The summed E-state index contributed by atoms with van der Waals surface area (Å²) in [4.78, 5) is 21.9. The summed E-state index contributed by atoms with van der Waals surface area (Å²) in [5.74, 6) is -0.376.